The average Bonchev–Trinajstić information content (AvgIpc) is 3.19. The van der Waals surface area contributed by atoms with Gasteiger partial charge in [0.05, 0.1) is 30.3 Å². The number of carbonyl (C=O) groups is 1. The van der Waals surface area contributed by atoms with Gasteiger partial charge in [-0.05, 0) is 19.7 Å². The lowest BCUT2D eigenvalue weighted by Crippen LogP contribution is -2.49. The largest absolute Gasteiger partial charge is 0.402 e. The number of hydrogen-bond acceptors (Lipinski definition) is 7. The predicted molar refractivity (Wildman–Crippen MR) is 128 cm³/mol. The Morgan fingerprint density at radius 1 is 1.19 bits per heavy atom. The second kappa shape index (κ2) is 10.5. The van der Waals surface area contributed by atoms with Crippen molar-refractivity contribution in [3.05, 3.63) is 48.0 Å². The number of aliphatic imine (C=N–C) groups is 3. The summed E-state index contributed by atoms with van der Waals surface area (Å²) in [6, 6.07) is 0. The van der Waals surface area contributed by atoms with E-state index in [2.05, 4.69) is 31.6 Å². The number of hydrogen-bond donors (Lipinski definition) is 1. The molecule has 1 aliphatic heterocycles. The van der Waals surface area contributed by atoms with Gasteiger partial charge >= 0.3 is 0 Å². The fourth-order valence-corrected chi connectivity index (χ4v) is 3.48. The van der Waals surface area contributed by atoms with E-state index in [-0.39, 0.29) is 5.91 Å². The van der Waals surface area contributed by atoms with Crippen LogP contribution in [0.2, 0.25) is 0 Å². The zero-order valence-corrected chi connectivity index (χ0v) is 18.8. The number of nitrogens with two attached hydrogens (primary N) is 1. The number of fused-ring (bicyclic) bond motifs is 1. The predicted octanol–water partition coefficient (Wildman–Crippen LogP) is 1.40. The number of allylic oxidation sites excluding steroid dienone is 2. The van der Waals surface area contributed by atoms with E-state index in [4.69, 9.17) is 10.7 Å². The Kier molecular flexibility index (Phi) is 7.48. The van der Waals surface area contributed by atoms with Crippen molar-refractivity contribution in [3.63, 3.8) is 0 Å². The molecule has 0 saturated carbocycles. The molecule has 0 bridgehead atoms. The second-order valence-corrected chi connectivity index (χ2v) is 7.40. The molecule has 3 rings (SSSR count). The Hall–Kier alpha value is -3.82. The first-order chi connectivity index (χ1) is 15.4. The molecule has 168 valence electrons. The number of imidazole rings is 1. The normalized spacial score (nSPS) is 16.3. The maximum absolute atomic E-state index is 11.6. The lowest BCUT2D eigenvalue weighted by atomic mass is 10.1. The van der Waals surface area contributed by atoms with Crippen LogP contribution in [0.3, 0.4) is 0 Å². The van der Waals surface area contributed by atoms with E-state index in [1.54, 1.807) is 38.8 Å². The monoisotopic (exact) mass is 435 g/mol. The third-order valence-electron chi connectivity index (χ3n) is 5.21. The Morgan fingerprint density at radius 2 is 1.91 bits per heavy atom. The molecule has 10 heteroatoms. The first kappa shape index (κ1) is 22.9. The minimum atomic E-state index is 0.0934. The molecular weight excluding hydrogens is 406 g/mol. The number of nitrogens with zero attached hydrogens (tertiary/aromatic N) is 8. The van der Waals surface area contributed by atoms with Gasteiger partial charge in [0, 0.05) is 70.0 Å². The summed E-state index contributed by atoms with van der Waals surface area (Å²) in [6.07, 6.45) is 10.5. The first-order valence-corrected chi connectivity index (χ1v) is 10.3. The Morgan fingerprint density at radius 3 is 2.53 bits per heavy atom. The van der Waals surface area contributed by atoms with Gasteiger partial charge in [-0.2, -0.15) is 0 Å². The number of aromatic nitrogens is 3. The van der Waals surface area contributed by atoms with Crippen LogP contribution >= 0.6 is 0 Å². The SMILES string of the molecule is C=N/C=C\C(=NCc1cnc2cnc(C(C=NC)=C(C)N)cn12)N1CCN(C(C)=O)CC1. The molecule has 0 aliphatic carbocycles. The molecule has 0 spiro atoms. The van der Waals surface area contributed by atoms with Gasteiger partial charge in [-0.25, -0.2) is 4.98 Å². The van der Waals surface area contributed by atoms with E-state index in [0.717, 1.165) is 22.7 Å². The third-order valence-corrected chi connectivity index (χ3v) is 5.21. The molecule has 1 amide bonds. The van der Waals surface area contributed by atoms with Crippen LogP contribution in [0.25, 0.3) is 11.2 Å². The number of carbonyl (C=O) groups excluding carboxylic acids is 1. The highest BCUT2D eigenvalue weighted by Crippen LogP contribution is 2.16. The fraction of sp³-hybridized carbons (Fsp3) is 0.364. The van der Waals surface area contributed by atoms with Crippen molar-refractivity contribution < 1.29 is 4.79 Å². The van der Waals surface area contributed by atoms with Crippen molar-refractivity contribution >= 4 is 35.9 Å². The van der Waals surface area contributed by atoms with Crippen molar-refractivity contribution in [2.24, 2.45) is 20.7 Å². The van der Waals surface area contributed by atoms with Crippen LogP contribution in [0.5, 0.6) is 0 Å². The van der Waals surface area contributed by atoms with Gasteiger partial charge in [0.2, 0.25) is 5.91 Å². The average molecular weight is 436 g/mol. The van der Waals surface area contributed by atoms with Gasteiger partial charge in [-0.15, -0.1) is 0 Å². The third kappa shape index (κ3) is 5.26. The van der Waals surface area contributed by atoms with E-state index in [1.165, 1.54) is 0 Å². The van der Waals surface area contributed by atoms with E-state index in [1.807, 2.05) is 28.5 Å². The number of rotatable bonds is 6. The minimum Gasteiger partial charge on any atom is -0.402 e. The van der Waals surface area contributed by atoms with Gasteiger partial charge in [0.1, 0.15) is 5.84 Å². The Bertz CT molecular complexity index is 1100. The molecule has 10 nitrogen and oxygen atoms in total. The maximum atomic E-state index is 11.6. The van der Waals surface area contributed by atoms with Gasteiger partial charge < -0.3 is 15.5 Å². The van der Waals surface area contributed by atoms with E-state index in [9.17, 15) is 4.79 Å². The summed E-state index contributed by atoms with van der Waals surface area (Å²) in [5.41, 5.74) is 9.76. The minimum absolute atomic E-state index is 0.0934. The summed E-state index contributed by atoms with van der Waals surface area (Å²) in [5, 5.41) is 0. The van der Waals surface area contributed by atoms with Crippen LogP contribution in [0, 0.1) is 0 Å². The fourth-order valence-electron chi connectivity index (χ4n) is 3.48. The summed E-state index contributed by atoms with van der Waals surface area (Å²) >= 11 is 0. The maximum Gasteiger partial charge on any atom is 0.219 e. The molecule has 2 aromatic heterocycles. The molecule has 0 atom stereocenters. The molecule has 2 N–H and O–H groups in total. The van der Waals surface area contributed by atoms with Crippen LogP contribution in [-0.4, -0.2) is 82.1 Å². The first-order valence-electron chi connectivity index (χ1n) is 10.3. The molecule has 2 aromatic rings. The van der Waals surface area contributed by atoms with E-state index >= 15 is 0 Å². The van der Waals surface area contributed by atoms with Crippen molar-refractivity contribution in [2.45, 2.75) is 20.4 Å². The Labute approximate surface area is 187 Å². The molecule has 1 aliphatic rings. The summed E-state index contributed by atoms with van der Waals surface area (Å²) in [4.78, 5) is 37.2. The molecule has 0 aromatic carbocycles. The molecule has 1 saturated heterocycles. The standard InChI is InChI=1S/C22H29N9O/c1-16(23)19(13-25-4)20-15-31-18(12-28-22(31)14-26-20)11-27-21(5-6-24-3)30-9-7-29(8-10-30)17(2)32/h5-6,12-15H,3,7-11,23H2,1-2,4H3/b6-5-,19-16?,25-13?,27-21?. The molecule has 3 heterocycles. The van der Waals surface area contributed by atoms with Gasteiger partial charge in [0.25, 0.3) is 0 Å². The van der Waals surface area contributed by atoms with Crippen LogP contribution in [-0.2, 0) is 11.3 Å². The highest BCUT2D eigenvalue weighted by Gasteiger charge is 2.20. The van der Waals surface area contributed by atoms with Gasteiger partial charge in [-0.1, -0.05) is 0 Å². The van der Waals surface area contributed by atoms with Gasteiger partial charge in [-0.3, -0.25) is 29.2 Å². The van der Waals surface area contributed by atoms with Crippen molar-refractivity contribution in [1.82, 2.24) is 24.2 Å². The lowest BCUT2D eigenvalue weighted by Gasteiger charge is -2.35. The molecular formula is C22H29N9O. The highest BCUT2D eigenvalue weighted by molar-refractivity contribution is 6.09. The van der Waals surface area contributed by atoms with Crippen molar-refractivity contribution in [2.75, 3.05) is 33.2 Å². The zero-order chi connectivity index (χ0) is 23.1. The number of amidine groups is 1. The van der Waals surface area contributed by atoms with Crippen LogP contribution in [0.1, 0.15) is 25.2 Å². The summed E-state index contributed by atoms with van der Waals surface area (Å²) in [6.45, 7) is 10.1. The zero-order valence-electron chi connectivity index (χ0n) is 18.8. The molecule has 1 fully saturated rings. The van der Waals surface area contributed by atoms with Crippen LogP contribution < -0.4 is 5.73 Å². The Balaban J connectivity index is 1.88. The lowest BCUT2D eigenvalue weighted by molar-refractivity contribution is -0.130. The van der Waals surface area contributed by atoms with Gasteiger partial charge in [0.15, 0.2) is 5.65 Å². The molecule has 32 heavy (non-hydrogen) atoms. The summed E-state index contributed by atoms with van der Waals surface area (Å²) in [7, 11) is 1.70. The summed E-state index contributed by atoms with van der Waals surface area (Å²) < 4.78 is 1.96. The van der Waals surface area contributed by atoms with E-state index in [0.29, 0.717) is 44.1 Å². The number of amides is 1. The molecule has 0 unspecified atom stereocenters. The topological polar surface area (TPSA) is 117 Å². The smallest absolute Gasteiger partial charge is 0.219 e. The highest BCUT2D eigenvalue weighted by atomic mass is 16.2. The molecule has 0 radical (unpaired) electrons. The van der Waals surface area contributed by atoms with E-state index < -0.39 is 0 Å². The quantitative estimate of drug-likeness (QED) is 0.544. The van der Waals surface area contributed by atoms with Crippen LogP contribution in [0.15, 0.2) is 51.5 Å². The van der Waals surface area contributed by atoms with Crippen molar-refractivity contribution in [3.8, 4) is 0 Å². The summed E-state index contributed by atoms with van der Waals surface area (Å²) in [5.74, 6) is 0.886. The number of piperazine rings is 1. The second-order valence-electron chi connectivity index (χ2n) is 7.40. The van der Waals surface area contributed by atoms with Crippen LogP contribution in [0.4, 0.5) is 0 Å². The van der Waals surface area contributed by atoms with Crippen molar-refractivity contribution in [1.29, 1.82) is 0 Å².